The Labute approximate surface area is 171 Å². The molecule has 0 saturated heterocycles. The smallest absolute Gasteiger partial charge is 0.0842 e. The Hall–Kier alpha value is -1.71. The molecule has 28 heavy (non-hydrogen) atoms. The maximum absolute atomic E-state index is 6.08. The Kier molecular flexibility index (Phi) is 9.66. The number of aryl methyl sites for hydroxylation is 3. The lowest BCUT2D eigenvalue weighted by Gasteiger charge is -2.21. The van der Waals surface area contributed by atoms with Crippen LogP contribution in [0.1, 0.15) is 75.3 Å². The fourth-order valence-corrected chi connectivity index (χ4v) is 3.92. The minimum atomic E-state index is 0.126. The van der Waals surface area contributed by atoms with Crippen LogP contribution in [0.25, 0.3) is 11.3 Å². The van der Waals surface area contributed by atoms with E-state index in [2.05, 4.69) is 58.2 Å². The van der Waals surface area contributed by atoms with Crippen LogP contribution in [0.5, 0.6) is 0 Å². The van der Waals surface area contributed by atoms with Gasteiger partial charge < -0.3 is 9.47 Å². The molecule has 2 aromatic rings. The molecule has 0 aliphatic rings. The van der Waals surface area contributed by atoms with Crippen LogP contribution in [0.4, 0.5) is 0 Å². The van der Waals surface area contributed by atoms with E-state index in [1.54, 1.807) is 7.11 Å². The van der Waals surface area contributed by atoms with E-state index in [9.17, 15) is 0 Å². The summed E-state index contributed by atoms with van der Waals surface area (Å²) in [6, 6.07) is 8.94. The highest BCUT2D eigenvalue weighted by atomic mass is 16.5. The molecule has 1 aromatic heterocycles. The molecule has 3 nitrogen and oxygen atoms in total. The maximum atomic E-state index is 6.08. The number of pyridine rings is 1. The van der Waals surface area contributed by atoms with Gasteiger partial charge in [-0.05, 0) is 61.8 Å². The molecule has 0 aliphatic heterocycles. The first-order valence-corrected chi connectivity index (χ1v) is 10.9. The monoisotopic (exact) mass is 383 g/mol. The van der Waals surface area contributed by atoms with Crippen molar-refractivity contribution >= 4 is 0 Å². The number of aromatic nitrogens is 1. The number of hydrogen-bond acceptors (Lipinski definition) is 3. The predicted molar refractivity (Wildman–Crippen MR) is 118 cm³/mol. The molecule has 0 N–H and O–H groups in total. The van der Waals surface area contributed by atoms with Crippen molar-refractivity contribution in [3.05, 3.63) is 52.7 Å². The van der Waals surface area contributed by atoms with Gasteiger partial charge in [0.15, 0.2) is 0 Å². The standard InChI is InChI=1S/C25H37NO2/c1-6-12-24(28-9-4)22-18-26-23(17-21(22)15-11-16-27-5)25-19(7-2)13-10-14-20(25)8-3/h10,13-14,17-18,24H,6-9,11-12,15-16H2,1-5H3. The van der Waals surface area contributed by atoms with Crippen molar-refractivity contribution in [1.82, 2.24) is 4.98 Å². The van der Waals surface area contributed by atoms with Gasteiger partial charge in [-0.2, -0.15) is 0 Å². The lowest BCUT2D eigenvalue weighted by atomic mass is 9.91. The van der Waals surface area contributed by atoms with Gasteiger partial charge in [0.1, 0.15) is 0 Å². The zero-order chi connectivity index (χ0) is 20.4. The van der Waals surface area contributed by atoms with E-state index in [0.29, 0.717) is 0 Å². The molecule has 0 saturated carbocycles. The highest BCUT2D eigenvalue weighted by Crippen LogP contribution is 2.32. The molecule has 1 unspecified atom stereocenters. The average Bonchev–Trinajstić information content (AvgIpc) is 2.73. The highest BCUT2D eigenvalue weighted by molar-refractivity contribution is 5.69. The fraction of sp³-hybridized carbons (Fsp3) is 0.560. The summed E-state index contributed by atoms with van der Waals surface area (Å²) in [5.74, 6) is 0. The summed E-state index contributed by atoms with van der Waals surface area (Å²) in [7, 11) is 1.77. The lowest BCUT2D eigenvalue weighted by Crippen LogP contribution is -2.10. The van der Waals surface area contributed by atoms with Crippen molar-refractivity contribution in [2.75, 3.05) is 20.3 Å². The zero-order valence-corrected chi connectivity index (χ0v) is 18.4. The molecule has 1 heterocycles. The van der Waals surface area contributed by atoms with Gasteiger partial charge in [0.25, 0.3) is 0 Å². The summed E-state index contributed by atoms with van der Waals surface area (Å²) in [6.45, 7) is 10.2. The van der Waals surface area contributed by atoms with Crippen LogP contribution >= 0.6 is 0 Å². The third-order valence-electron chi connectivity index (χ3n) is 5.34. The van der Waals surface area contributed by atoms with E-state index < -0.39 is 0 Å². The van der Waals surface area contributed by atoms with E-state index in [1.165, 1.54) is 27.8 Å². The summed E-state index contributed by atoms with van der Waals surface area (Å²) >= 11 is 0. The number of benzene rings is 1. The van der Waals surface area contributed by atoms with Gasteiger partial charge in [0.2, 0.25) is 0 Å². The summed E-state index contributed by atoms with van der Waals surface area (Å²) in [6.07, 6.45) is 8.35. The fourth-order valence-electron chi connectivity index (χ4n) is 3.92. The number of hydrogen-bond donors (Lipinski definition) is 0. The Bertz CT molecular complexity index is 698. The van der Waals surface area contributed by atoms with Crippen molar-refractivity contribution in [1.29, 1.82) is 0 Å². The molecular formula is C25H37NO2. The largest absolute Gasteiger partial charge is 0.385 e. The normalized spacial score (nSPS) is 12.3. The van der Waals surface area contributed by atoms with E-state index in [0.717, 1.165) is 57.4 Å². The third kappa shape index (κ3) is 5.65. The average molecular weight is 384 g/mol. The van der Waals surface area contributed by atoms with Crippen LogP contribution in [0.3, 0.4) is 0 Å². The Balaban J connectivity index is 2.52. The van der Waals surface area contributed by atoms with Crippen LogP contribution in [-0.2, 0) is 28.7 Å². The Morgan fingerprint density at radius 3 is 2.29 bits per heavy atom. The van der Waals surface area contributed by atoms with E-state index in [1.807, 2.05) is 0 Å². The molecular weight excluding hydrogens is 346 g/mol. The van der Waals surface area contributed by atoms with E-state index in [4.69, 9.17) is 14.5 Å². The summed E-state index contributed by atoms with van der Waals surface area (Å²) in [5, 5.41) is 0. The zero-order valence-electron chi connectivity index (χ0n) is 18.4. The number of methoxy groups -OCH3 is 1. The first kappa shape index (κ1) is 22.6. The van der Waals surface area contributed by atoms with Gasteiger partial charge in [0, 0.05) is 37.6 Å². The second-order valence-corrected chi connectivity index (χ2v) is 7.26. The number of ether oxygens (including phenoxy) is 2. The van der Waals surface area contributed by atoms with Crippen LogP contribution < -0.4 is 0 Å². The minimum Gasteiger partial charge on any atom is -0.385 e. The first-order chi connectivity index (χ1) is 13.7. The molecule has 1 aromatic carbocycles. The van der Waals surface area contributed by atoms with Crippen molar-refractivity contribution in [3.63, 3.8) is 0 Å². The molecule has 0 spiro atoms. The van der Waals surface area contributed by atoms with Gasteiger partial charge in [-0.3, -0.25) is 4.98 Å². The predicted octanol–water partition coefficient (Wildman–Crippen LogP) is 6.33. The molecule has 0 aliphatic carbocycles. The number of nitrogens with zero attached hydrogens (tertiary/aromatic N) is 1. The van der Waals surface area contributed by atoms with Crippen molar-refractivity contribution in [2.24, 2.45) is 0 Å². The van der Waals surface area contributed by atoms with Crippen molar-refractivity contribution in [2.45, 2.75) is 72.3 Å². The highest BCUT2D eigenvalue weighted by Gasteiger charge is 2.18. The molecule has 154 valence electrons. The molecule has 1 atom stereocenters. The van der Waals surface area contributed by atoms with Crippen LogP contribution in [0.15, 0.2) is 30.5 Å². The molecule has 3 heteroatoms. The van der Waals surface area contributed by atoms with Gasteiger partial charge in [0.05, 0.1) is 11.8 Å². The van der Waals surface area contributed by atoms with Crippen molar-refractivity contribution < 1.29 is 9.47 Å². The number of rotatable bonds is 12. The van der Waals surface area contributed by atoms with Gasteiger partial charge in [-0.15, -0.1) is 0 Å². The second kappa shape index (κ2) is 12.0. The molecule has 0 amide bonds. The van der Waals surface area contributed by atoms with Crippen molar-refractivity contribution in [3.8, 4) is 11.3 Å². The van der Waals surface area contributed by atoms with E-state index in [-0.39, 0.29) is 6.10 Å². The first-order valence-electron chi connectivity index (χ1n) is 10.9. The summed E-state index contributed by atoms with van der Waals surface area (Å²) in [4.78, 5) is 4.93. The van der Waals surface area contributed by atoms with Crippen LogP contribution in [-0.4, -0.2) is 25.3 Å². The van der Waals surface area contributed by atoms with Gasteiger partial charge >= 0.3 is 0 Å². The van der Waals surface area contributed by atoms with Gasteiger partial charge in [-0.25, -0.2) is 0 Å². The SMILES string of the molecule is CCCC(OCC)c1cnc(-c2c(CC)cccc2CC)cc1CCCOC. The Morgan fingerprint density at radius 1 is 1.00 bits per heavy atom. The van der Waals surface area contributed by atoms with E-state index >= 15 is 0 Å². The summed E-state index contributed by atoms with van der Waals surface area (Å²) < 4.78 is 11.4. The lowest BCUT2D eigenvalue weighted by molar-refractivity contribution is 0.0547. The quantitative estimate of drug-likeness (QED) is 0.401. The molecule has 0 radical (unpaired) electrons. The molecule has 2 rings (SSSR count). The third-order valence-corrected chi connectivity index (χ3v) is 5.34. The van der Waals surface area contributed by atoms with Crippen LogP contribution in [0, 0.1) is 0 Å². The molecule has 0 bridgehead atoms. The van der Waals surface area contributed by atoms with Gasteiger partial charge in [-0.1, -0.05) is 45.4 Å². The van der Waals surface area contributed by atoms with Crippen LogP contribution in [0.2, 0.25) is 0 Å². The topological polar surface area (TPSA) is 31.4 Å². The Morgan fingerprint density at radius 2 is 1.71 bits per heavy atom. The summed E-state index contributed by atoms with van der Waals surface area (Å²) in [5.41, 5.74) is 7.75. The maximum Gasteiger partial charge on any atom is 0.0842 e. The molecule has 0 fully saturated rings. The second-order valence-electron chi connectivity index (χ2n) is 7.26. The minimum absolute atomic E-state index is 0.126.